The number of amides is 1. The summed E-state index contributed by atoms with van der Waals surface area (Å²) in [4.78, 5) is 13.8. The minimum atomic E-state index is 0. The first-order valence-electron chi connectivity index (χ1n) is 5.99. The largest absolute Gasteiger partial charge is 0.398 e. The average molecular weight is 271 g/mol. The van der Waals surface area contributed by atoms with Gasteiger partial charge in [0.25, 0.3) is 5.91 Å². The zero-order valence-corrected chi connectivity index (χ0v) is 11.3. The van der Waals surface area contributed by atoms with Crippen molar-refractivity contribution < 1.29 is 9.53 Å². The zero-order valence-electron chi connectivity index (χ0n) is 10.5. The highest BCUT2D eigenvalue weighted by Gasteiger charge is 2.23. The summed E-state index contributed by atoms with van der Waals surface area (Å²) in [6.45, 7) is 3.34. The van der Waals surface area contributed by atoms with E-state index >= 15 is 0 Å². The molecule has 1 amide bonds. The normalized spacial score (nSPS) is 13.7. The van der Waals surface area contributed by atoms with Crippen LogP contribution in [0, 0.1) is 0 Å². The van der Waals surface area contributed by atoms with E-state index in [-0.39, 0.29) is 24.9 Å². The molecule has 0 aliphatic carbocycles. The van der Waals surface area contributed by atoms with Crippen LogP contribution in [0.5, 0.6) is 0 Å². The van der Waals surface area contributed by atoms with Gasteiger partial charge < -0.3 is 15.4 Å². The second kappa shape index (κ2) is 6.61. The molecule has 0 aromatic heterocycles. The van der Waals surface area contributed by atoms with E-state index in [4.69, 9.17) is 10.5 Å². The van der Waals surface area contributed by atoms with Gasteiger partial charge >= 0.3 is 0 Å². The van der Waals surface area contributed by atoms with E-state index in [1.54, 1.807) is 4.90 Å². The number of benzene rings is 1. The third-order valence-corrected chi connectivity index (χ3v) is 3.02. The Morgan fingerprint density at radius 3 is 3.00 bits per heavy atom. The molecule has 0 saturated heterocycles. The molecule has 0 spiro atoms. The summed E-state index contributed by atoms with van der Waals surface area (Å²) in [7, 11) is 0. The molecule has 1 aliphatic rings. The molecule has 0 atom stereocenters. The van der Waals surface area contributed by atoms with Crippen LogP contribution in [-0.4, -0.2) is 25.7 Å². The molecular weight excluding hydrogens is 252 g/mol. The molecule has 1 aromatic rings. The number of nitrogen functional groups attached to an aromatic ring is 1. The van der Waals surface area contributed by atoms with Gasteiger partial charge in [-0.3, -0.25) is 4.79 Å². The highest BCUT2D eigenvalue weighted by atomic mass is 35.5. The molecule has 1 heterocycles. The van der Waals surface area contributed by atoms with Crippen molar-refractivity contribution in [1.29, 1.82) is 0 Å². The number of nitrogens with two attached hydrogens (primary N) is 1. The number of nitrogens with zero attached hydrogens (tertiary/aromatic N) is 1. The maximum Gasteiger partial charge on any atom is 0.252 e. The minimum Gasteiger partial charge on any atom is -0.398 e. The Hall–Kier alpha value is -1.26. The number of anilines is 2. The van der Waals surface area contributed by atoms with E-state index in [2.05, 4.69) is 0 Å². The topological polar surface area (TPSA) is 55.6 Å². The Morgan fingerprint density at radius 1 is 1.50 bits per heavy atom. The molecule has 0 radical (unpaired) electrons. The first-order valence-corrected chi connectivity index (χ1v) is 5.99. The van der Waals surface area contributed by atoms with E-state index < -0.39 is 0 Å². The zero-order chi connectivity index (χ0) is 12.3. The summed E-state index contributed by atoms with van der Waals surface area (Å²) >= 11 is 0. The molecule has 0 unspecified atom stereocenters. The summed E-state index contributed by atoms with van der Waals surface area (Å²) < 4.78 is 5.17. The third-order valence-electron chi connectivity index (χ3n) is 3.02. The summed E-state index contributed by atoms with van der Waals surface area (Å²) in [5.41, 5.74) is 8.74. The number of halogens is 1. The van der Waals surface area contributed by atoms with Gasteiger partial charge in [0.05, 0.1) is 0 Å². The van der Waals surface area contributed by atoms with Crippen LogP contribution >= 0.6 is 12.4 Å². The highest BCUT2D eigenvalue weighted by molar-refractivity contribution is 5.96. The van der Waals surface area contributed by atoms with Gasteiger partial charge in [0, 0.05) is 24.5 Å². The second-order valence-corrected chi connectivity index (χ2v) is 4.13. The lowest BCUT2D eigenvalue weighted by atomic mass is 10.00. The monoisotopic (exact) mass is 270 g/mol. The fourth-order valence-electron chi connectivity index (χ4n) is 2.18. The standard InChI is InChI=1S/C13H18N2O2.ClH/c1-2-17-9-13(16)15-8-4-5-10-11(14)6-3-7-12(10)15;/h3,6-7H,2,4-5,8-9,14H2,1H3;1H. The summed E-state index contributed by atoms with van der Waals surface area (Å²) in [5, 5.41) is 0. The molecule has 18 heavy (non-hydrogen) atoms. The Morgan fingerprint density at radius 2 is 2.28 bits per heavy atom. The summed E-state index contributed by atoms with van der Waals surface area (Å²) in [6, 6.07) is 5.73. The van der Waals surface area contributed by atoms with Crippen molar-refractivity contribution >= 4 is 29.7 Å². The van der Waals surface area contributed by atoms with Gasteiger partial charge in [0.2, 0.25) is 0 Å². The van der Waals surface area contributed by atoms with Gasteiger partial charge in [-0.15, -0.1) is 12.4 Å². The van der Waals surface area contributed by atoms with Crippen LogP contribution in [-0.2, 0) is 16.0 Å². The smallest absolute Gasteiger partial charge is 0.252 e. The Balaban J connectivity index is 0.00000162. The molecule has 2 N–H and O–H groups in total. The molecular formula is C13H19ClN2O2. The van der Waals surface area contributed by atoms with Gasteiger partial charge in [0.15, 0.2) is 0 Å². The van der Waals surface area contributed by atoms with E-state index in [0.717, 1.165) is 36.3 Å². The fourth-order valence-corrected chi connectivity index (χ4v) is 2.18. The van der Waals surface area contributed by atoms with Gasteiger partial charge in [-0.2, -0.15) is 0 Å². The van der Waals surface area contributed by atoms with Crippen LogP contribution in [0.15, 0.2) is 18.2 Å². The van der Waals surface area contributed by atoms with E-state index in [1.165, 1.54) is 0 Å². The van der Waals surface area contributed by atoms with Crippen molar-refractivity contribution in [3.63, 3.8) is 0 Å². The van der Waals surface area contributed by atoms with Crippen molar-refractivity contribution in [3.8, 4) is 0 Å². The average Bonchev–Trinajstić information content (AvgIpc) is 2.36. The van der Waals surface area contributed by atoms with Crippen LogP contribution in [0.1, 0.15) is 18.9 Å². The van der Waals surface area contributed by atoms with E-state index in [0.29, 0.717) is 6.61 Å². The lowest BCUT2D eigenvalue weighted by molar-refractivity contribution is -0.123. The number of hydrogen-bond donors (Lipinski definition) is 1. The summed E-state index contributed by atoms with van der Waals surface area (Å²) in [6.07, 6.45) is 1.90. The molecule has 1 aliphatic heterocycles. The van der Waals surface area contributed by atoms with Gasteiger partial charge in [-0.1, -0.05) is 6.07 Å². The number of carbonyl (C=O) groups is 1. The Bertz CT molecular complexity index is 423. The number of rotatable bonds is 3. The molecule has 0 fully saturated rings. The maximum absolute atomic E-state index is 12.0. The van der Waals surface area contributed by atoms with Crippen molar-refractivity contribution in [2.45, 2.75) is 19.8 Å². The number of ether oxygens (including phenoxy) is 1. The molecule has 100 valence electrons. The van der Waals surface area contributed by atoms with Crippen molar-refractivity contribution in [2.75, 3.05) is 30.4 Å². The SMILES string of the molecule is CCOCC(=O)N1CCCc2c(N)cccc21.Cl. The van der Waals surface area contributed by atoms with Crippen molar-refractivity contribution in [1.82, 2.24) is 0 Å². The fraction of sp³-hybridized carbons (Fsp3) is 0.462. The predicted octanol–water partition coefficient (Wildman–Crippen LogP) is 2.01. The van der Waals surface area contributed by atoms with E-state index in [1.807, 2.05) is 25.1 Å². The van der Waals surface area contributed by atoms with Gasteiger partial charge in [-0.05, 0) is 37.5 Å². The predicted molar refractivity (Wildman–Crippen MR) is 75.3 cm³/mol. The first kappa shape index (κ1) is 14.8. The Kier molecular flexibility index (Phi) is 5.44. The molecule has 0 saturated carbocycles. The molecule has 5 heteroatoms. The van der Waals surface area contributed by atoms with Gasteiger partial charge in [0.1, 0.15) is 6.61 Å². The van der Waals surface area contributed by atoms with E-state index in [9.17, 15) is 4.79 Å². The van der Waals surface area contributed by atoms with Crippen LogP contribution in [0.3, 0.4) is 0 Å². The first-order chi connectivity index (χ1) is 8.24. The van der Waals surface area contributed by atoms with Crippen molar-refractivity contribution in [2.24, 2.45) is 0 Å². The third kappa shape index (κ3) is 2.94. The Labute approximate surface area is 114 Å². The molecule has 2 rings (SSSR count). The molecule has 0 bridgehead atoms. The lowest BCUT2D eigenvalue weighted by Gasteiger charge is -2.30. The molecule has 1 aromatic carbocycles. The van der Waals surface area contributed by atoms with Crippen LogP contribution < -0.4 is 10.6 Å². The van der Waals surface area contributed by atoms with Crippen LogP contribution in [0.25, 0.3) is 0 Å². The lowest BCUT2D eigenvalue weighted by Crippen LogP contribution is -2.38. The second-order valence-electron chi connectivity index (χ2n) is 4.13. The number of fused-ring (bicyclic) bond motifs is 1. The summed E-state index contributed by atoms with van der Waals surface area (Å²) in [5.74, 6) is 0.0124. The van der Waals surface area contributed by atoms with Crippen LogP contribution in [0.4, 0.5) is 11.4 Å². The quantitative estimate of drug-likeness (QED) is 0.855. The van der Waals surface area contributed by atoms with Gasteiger partial charge in [-0.25, -0.2) is 0 Å². The highest BCUT2D eigenvalue weighted by Crippen LogP contribution is 2.31. The number of hydrogen-bond acceptors (Lipinski definition) is 3. The maximum atomic E-state index is 12.0. The van der Waals surface area contributed by atoms with Crippen molar-refractivity contribution in [3.05, 3.63) is 23.8 Å². The van der Waals surface area contributed by atoms with Crippen LogP contribution in [0.2, 0.25) is 0 Å². The number of carbonyl (C=O) groups excluding carboxylic acids is 1. The molecule has 4 nitrogen and oxygen atoms in total. The minimum absolute atomic E-state index is 0.